The van der Waals surface area contributed by atoms with Gasteiger partial charge in [-0.05, 0) is 43.5 Å². The first-order chi connectivity index (χ1) is 11.1. The number of carbonyl (C=O) groups excluding carboxylic acids is 1. The van der Waals surface area contributed by atoms with Gasteiger partial charge < -0.3 is 15.2 Å². The number of nitrogens with zero attached hydrogens (tertiary/aromatic N) is 2. The van der Waals surface area contributed by atoms with Crippen LogP contribution in [0.15, 0.2) is 30.5 Å². The molecule has 0 aliphatic carbocycles. The second-order valence-electron chi connectivity index (χ2n) is 6.40. The van der Waals surface area contributed by atoms with Crippen molar-refractivity contribution >= 4 is 5.91 Å². The number of aromatic nitrogens is 2. The van der Waals surface area contributed by atoms with Crippen LogP contribution in [0.5, 0.6) is 0 Å². The lowest BCUT2D eigenvalue weighted by atomic mass is 9.95. The summed E-state index contributed by atoms with van der Waals surface area (Å²) < 4.78 is 14.8. The Kier molecular flexibility index (Phi) is 3.41. The molecule has 2 aliphatic rings. The van der Waals surface area contributed by atoms with E-state index in [1.165, 1.54) is 18.7 Å². The molecule has 2 aliphatic heterocycles. The highest BCUT2D eigenvalue weighted by Gasteiger charge is 2.39. The van der Waals surface area contributed by atoms with E-state index in [2.05, 4.69) is 15.6 Å². The summed E-state index contributed by atoms with van der Waals surface area (Å²) >= 11 is 0. The van der Waals surface area contributed by atoms with Crippen molar-refractivity contribution in [2.45, 2.75) is 37.4 Å². The van der Waals surface area contributed by atoms with Crippen molar-refractivity contribution in [3.63, 3.8) is 0 Å². The molecule has 0 spiro atoms. The Hall–Kier alpha value is -2.21. The SMILES string of the molecule is Cn1c(C(=O)N[C@@H]2C[C@H]3CC[C@@H]2N3)ccc1-c1ccc(F)nc1. The van der Waals surface area contributed by atoms with Gasteiger partial charge in [0.15, 0.2) is 0 Å². The summed E-state index contributed by atoms with van der Waals surface area (Å²) in [6.07, 6.45) is 4.83. The normalized spacial score (nSPS) is 25.7. The number of nitrogens with one attached hydrogen (secondary N) is 2. The predicted molar refractivity (Wildman–Crippen MR) is 84.4 cm³/mol. The number of hydrogen-bond acceptors (Lipinski definition) is 3. The minimum absolute atomic E-state index is 0.0619. The molecule has 23 heavy (non-hydrogen) atoms. The molecule has 2 N–H and O–H groups in total. The lowest BCUT2D eigenvalue weighted by Crippen LogP contribution is -2.43. The van der Waals surface area contributed by atoms with Crippen LogP contribution in [0.2, 0.25) is 0 Å². The molecule has 0 aromatic carbocycles. The lowest BCUT2D eigenvalue weighted by Gasteiger charge is -2.21. The topological polar surface area (TPSA) is 59.0 Å². The van der Waals surface area contributed by atoms with Crippen LogP contribution in [0.3, 0.4) is 0 Å². The van der Waals surface area contributed by atoms with Crippen LogP contribution in [-0.4, -0.2) is 33.6 Å². The van der Waals surface area contributed by atoms with E-state index in [0.717, 1.165) is 24.1 Å². The van der Waals surface area contributed by atoms with E-state index < -0.39 is 5.95 Å². The molecule has 0 unspecified atom stereocenters. The maximum absolute atomic E-state index is 12.9. The Labute approximate surface area is 133 Å². The van der Waals surface area contributed by atoms with Gasteiger partial charge in [-0.1, -0.05) is 0 Å². The molecule has 4 heterocycles. The van der Waals surface area contributed by atoms with Gasteiger partial charge in [-0.15, -0.1) is 0 Å². The maximum Gasteiger partial charge on any atom is 0.268 e. The third kappa shape index (κ3) is 2.53. The average Bonchev–Trinajstić information content (AvgIpc) is 3.23. The molecule has 5 nitrogen and oxygen atoms in total. The van der Waals surface area contributed by atoms with Gasteiger partial charge in [-0.25, -0.2) is 4.98 Å². The molecule has 1 amide bonds. The first-order valence-corrected chi connectivity index (χ1v) is 7.96. The van der Waals surface area contributed by atoms with Crippen molar-refractivity contribution in [2.75, 3.05) is 0 Å². The molecule has 2 saturated heterocycles. The van der Waals surface area contributed by atoms with E-state index in [1.807, 2.05) is 17.7 Å². The van der Waals surface area contributed by atoms with E-state index in [-0.39, 0.29) is 11.9 Å². The van der Waals surface area contributed by atoms with Crippen molar-refractivity contribution in [3.05, 3.63) is 42.1 Å². The molecular weight excluding hydrogens is 295 g/mol. The van der Waals surface area contributed by atoms with Crippen molar-refractivity contribution < 1.29 is 9.18 Å². The first-order valence-electron chi connectivity index (χ1n) is 7.96. The number of pyridine rings is 1. The fourth-order valence-electron chi connectivity index (χ4n) is 3.78. The molecule has 6 heteroatoms. The number of carbonyl (C=O) groups is 1. The average molecular weight is 314 g/mol. The van der Waals surface area contributed by atoms with E-state index in [9.17, 15) is 9.18 Å². The van der Waals surface area contributed by atoms with Crippen LogP contribution in [0.1, 0.15) is 29.8 Å². The third-order valence-electron chi connectivity index (χ3n) is 4.99. The molecular formula is C17H19FN4O. The summed E-state index contributed by atoms with van der Waals surface area (Å²) in [7, 11) is 1.84. The molecule has 120 valence electrons. The number of halogens is 1. The van der Waals surface area contributed by atoms with Crippen LogP contribution in [0.25, 0.3) is 11.3 Å². The Bertz CT molecular complexity index is 740. The monoisotopic (exact) mass is 314 g/mol. The summed E-state index contributed by atoms with van der Waals surface area (Å²) in [5.41, 5.74) is 2.23. The van der Waals surface area contributed by atoms with Crippen molar-refractivity contribution in [1.82, 2.24) is 20.2 Å². The summed E-state index contributed by atoms with van der Waals surface area (Å²) in [4.78, 5) is 16.2. The molecule has 3 atom stereocenters. The molecule has 2 fully saturated rings. The van der Waals surface area contributed by atoms with E-state index in [1.54, 1.807) is 12.1 Å². The van der Waals surface area contributed by atoms with Gasteiger partial charge in [0.1, 0.15) is 5.69 Å². The second kappa shape index (κ2) is 5.45. The standard InChI is InChI=1S/C17H19FN4O/c1-22-14(10-2-7-16(18)19-9-10)5-6-15(22)17(23)21-13-8-11-3-4-12(13)20-11/h2,5-7,9,11-13,20H,3-4,8H2,1H3,(H,21,23)/t11-,12+,13-/m1/s1. The van der Waals surface area contributed by atoms with Gasteiger partial charge in [0.25, 0.3) is 5.91 Å². The molecule has 2 bridgehead atoms. The van der Waals surface area contributed by atoms with Crippen LogP contribution < -0.4 is 10.6 Å². The van der Waals surface area contributed by atoms with Gasteiger partial charge in [-0.3, -0.25) is 4.79 Å². The van der Waals surface area contributed by atoms with E-state index in [0.29, 0.717) is 17.8 Å². The highest BCUT2D eigenvalue weighted by Crippen LogP contribution is 2.28. The Balaban J connectivity index is 1.53. The summed E-state index contributed by atoms with van der Waals surface area (Å²) in [6.45, 7) is 0. The molecule has 2 aromatic heterocycles. The van der Waals surface area contributed by atoms with Crippen molar-refractivity contribution in [1.29, 1.82) is 0 Å². The molecule has 0 saturated carbocycles. The quantitative estimate of drug-likeness (QED) is 0.850. The fourth-order valence-corrected chi connectivity index (χ4v) is 3.78. The minimum Gasteiger partial charge on any atom is -0.346 e. The summed E-state index contributed by atoms with van der Waals surface area (Å²) in [5, 5.41) is 6.66. The van der Waals surface area contributed by atoms with Crippen LogP contribution in [-0.2, 0) is 7.05 Å². The van der Waals surface area contributed by atoms with Gasteiger partial charge in [0.2, 0.25) is 5.95 Å². The zero-order chi connectivity index (χ0) is 16.0. The van der Waals surface area contributed by atoms with Gasteiger partial charge in [0, 0.05) is 42.6 Å². The predicted octanol–water partition coefficient (Wildman–Crippen LogP) is 1.85. The fraction of sp³-hybridized carbons (Fsp3) is 0.412. The molecule has 0 radical (unpaired) electrons. The second-order valence-corrected chi connectivity index (χ2v) is 6.40. The summed E-state index contributed by atoms with van der Waals surface area (Å²) in [5.74, 6) is -0.571. The first kappa shape index (κ1) is 14.4. The smallest absolute Gasteiger partial charge is 0.268 e. The van der Waals surface area contributed by atoms with Gasteiger partial charge >= 0.3 is 0 Å². The highest BCUT2D eigenvalue weighted by atomic mass is 19.1. The minimum atomic E-state index is -0.510. The van der Waals surface area contributed by atoms with Crippen LogP contribution in [0, 0.1) is 5.95 Å². The summed E-state index contributed by atoms with van der Waals surface area (Å²) in [6, 6.07) is 7.83. The zero-order valence-corrected chi connectivity index (χ0v) is 12.9. The highest BCUT2D eigenvalue weighted by molar-refractivity contribution is 5.94. The Morgan fingerprint density at radius 1 is 1.35 bits per heavy atom. The van der Waals surface area contributed by atoms with Gasteiger partial charge in [0.05, 0.1) is 0 Å². The third-order valence-corrected chi connectivity index (χ3v) is 4.99. The largest absolute Gasteiger partial charge is 0.346 e. The van der Waals surface area contributed by atoms with Crippen molar-refractivity contribution in [2.24, 2.45) is 7.05 Å². The number of hydrogen-bond donors (Lipinski definition) is 2. The van der Waals surface area contributed by atoms with E-state index in [4.69, 9.17) is 0 Å². The number of amides is 1. The maximum atomic E-state index is 12.9. The Morgan fingerprint density at radius 3 is 2.87 bits per heavy atom. The molecule has 2 aromatic rings. The van der Waals surface area contributed by atoms with Crippen LogP contribution in [0.4, 0.5) is 4.39 Å². The Morgan fingerprint density at radius 2 is 2.22 bits per heavy atom. The van der Waals surface area contributed by atoms with Crippen LogP contribution >= 0.6 is 0 Å². The van der Waals surface area contributed by atoms with E-state index >= 15 is 0 Å². The van der Waals surface area contributed by atoms with Crippen molar-refractivity contribution in [3.8, 4) is 11.3 Å². The zero-order valence-electron chi connectivity index (χ0n) is 12.9. The molecule has 4 rings (SSSR count). The number of fused-ring (bicyclic) bond motifs is 2. The van der Waals surface area contributed by atoms with Gasteiger partial charge in [-0.2, -0.15) is 4.39 Å². The number of rotatable bonds is 3. The lowest BCUT2D eigenvalue weighted by molar-refractivity contribution is 0.0923.